The lowest BCUT2D eigenvalue weighted by Crippen LogP contribution is -2.16. The van der Waals surface area contributed by atoms with Gasteiger partial charge in [-0.05, 0) is 83.9 Å². The first-order valence-electron chi connectivity index (χ1n) is 16.5. The summed E-state index contributed by atoms with van der Waals surface area (Å²) in [5.41, 5.74) is -3.26. The lowest BCUT2D eigenvalue weighted by molar-refractivity contribution is 0.0684. The maximum Gasteiger partial charge on any atom is 0.397 e. The Morgan fingerprint density at radius 2 is 1.03 bits per heavy atom. The summed E-state index contributed by atoms with van der Waals surface area (Å²) in [5, 5.41) is 82.6. The molecule has 0 atom stereocenters. The van der Waals surface area contributed by atoms with Crippen LogP contribution in [0.4, 0.5) is 34.1 Å². The number of aromatic hydroxyl groups is 3. The van der Waals surface area contributed by atoms with E-state index in [4.69, 9.17) is 4.55 Å². The van der Waals surface area contributed by atoms with Crippen molar-refractivity contribution in [2.24, 2.45) is 30.7 Å². The van der Waals surface area contributed by atoms with Crippen LogP contribution in [-0.2, 0) is 34.5 Å². The van der Waals surface area contributed by atoms with Crippen molar-refractivity contribution >= 4 is 82.4 Å². The molecule has 322 valence electrons. The first-order valence-corrected chi connectivity index (χ1v) is 21.0. The molecular weight excluding hydrogens is 889 g/mol. The van der Waals surface area contributed by atoms with Crippen molar-refractivity contribution in [2.75, 3.05) is 12.4 Å². The molecule has 62 heavy (non-hydrogen) atoms. The molecule has 0 heterocycles. The highest BCUT2D eigenvalue weighted by Crippen LogP contribution is 2.45. The summed E-state index contributed by atoms with van der Waals surface area (Å²) < 4.78 is 93.3. The highest BCUT2D eigenvalue weighted by atomic mass is 32.3. The third-order valence-corrected chi connectivity index (χ3v) is 11.1. The highest BCUT2D eigenvalue weighted by molar-refractivity contribution is 7.91. The zero-order chi connectivity index (χ0) is 45.7. The summed E-state index contributed by atoms with van der Waals surface area (Å²) in [7, 11) is -14.7. The molecule has 0 spiro atoms. The Morgan fingerprint density at radius 1 is 0.532 bits per heavy atom. The van der Waals surface area contributed by atoms with Crippen LogP contribution in [0.3, 0.4) is 0 Å². The van der Waals surface area contributed by atoms with E-state index in [1.165, 1.54) is 36.4 Å². The van der Waals surface area contributed by atoms with Gasteiger partial charge in [0.15, 0.2) is 21.3 Å². The third kappa shape index (κ3) is 11.0. The van der Waals surface area contributed by atoms with Crippen LogP contribution >= 0.6 is 0 Å². The molecule has 0 bridgehead atoms. The summed E-state index contributed by atoms with van der Waals surface area (Å²) in [6, 6.07) is 14.8. The molecular formula is C35H26N6O18S3. The monoisotopic (exact) mass is 914 g/mol. The van der Waals surface area contributed by atoms with Crippen LogP contribution in [0.5, 0.6) is 17.2 Å². The van der Waals surface area contributed by atoms with Gasteiger partial charge in [0.2, 0.25) is 0 Å². The van der Waals surface area contributed by atoms with Crippen molar-refractivity contribution in [3.8, 4) is 28.4 Å². The molecule has 8 N–H and O–H groups in total. The van der Waals surface area contributed by atoms with E-state index in [1.54, 1.807) is 0 Å². The van der Waals surface area contributed by atoms with Gasteiger partial charge in [0.25, 0.3) is 10.1 Å². The van der Waals surface area contributed by atoms with Gasteiger partial charge in [0, 0.05) is 0 Å². The minimum absolute atomic E-state index is 0.0143. The highest BCUT2D eigenvalue weighted by Gasteiger charge is 2.24. The normalized spacial score (nSPS) is 12.4. The number of phenols is 3. The number of nitrogens with zero attached hydrogens (tertiary/aromatic N) is 6. The van der Waals surface area contributed by atoms with Gasteiger partial charge in [-0.25, -0.2) is 27.0 Å². The molecule has 27 heteroatoms. The van der Waals surface area contributed by atoms with E-state index >= 15 is 0 Å². The molecule has 0 aliphatic carbocycles. The molecule has 5 aromatic rings. The standard InChI is InChI=1S/C35H26N6O18S3/c42-28-9-3-19(15-23(28)35(49)50)36-37-24-5-1-17(13-21(24)33(45)46)18-2-6-25(22(14-18)34(47)48)38-40-27-8-10-29(43)31(32(27)44)41-39-26-7-4-20(16-30(26)61(53,54)55)60(51,52)12-11-59-62(56,57)58/h1-10,13-16,42-44H,11-12H2,(H,45,46)(H,47,48)(H,49,50)(H,53,54,55)(H,56,57,58). The predicted octanol–water partition coefficient (Wildman–Crippen LogP) is 6.65. The van der Waals surface area contributed by atoms with Crippen molar-refractivity contribution in [1.82, 2.24) is 0 Å². The summed E-state index contributed by atoms with van der Waals surface area (Å²) >= 11 is 0. The first kappa shape index (κ1) is 45.5. The first-order chi connectivity index (χ1) is 28.9. The number of phenolic OH excluding ortho intramolecular Hbond substituents is 2. The van der Waals surface area contributed by atoms with Crippen LogP contribution in [0.25, 0.3) is 11.1 Å². The van der Waals surface area contributed by atoms with Gasteiger partial charge in [-0.1, -0.05) is 12.1 Å². The Labute approximate surface area is 347 Å². The van der Waals surface area contributed by atoms with E-state index in [1.807, 2.05) is 0 Å². The average Bonchev–Trinajstić information content (AvgIpc) is 3.19. The van der Waals surface area contributed by atoms with Crippen molar-refractivity contribution in [3.05, 3.63) is 102 Å². The van der Waals surface area contributed by atoms with E-state index < -0.39 is 116 Å². The molecule has 0 fully saturated rings. The smallest absolute Gasteiger partial charge is 0.397 e. The molecule has 0 saturated carbocycles. The largest absolute Gasteiger partial charge is 0.507 e. The van der Waals surface area contributed by atoms with Gasteiger partial charge in [0.1, 0.15) is 44.7 Å². The maximum absolute atomic E-state index is 12.6. The fourth-order valence-corrected chi connectivity index (χ4v) is 7.34. The number of hydrogen-bond donors (Lipinski definition) is 8. The Morgan fingerprint density at radius 3 is 1.58 bits per heavy atom. The van der Waals surface area contributed by atoms with Crippen LogP contribution in [0.15, 0.2) is 125 Å². The van der Waals surface area contributed by atoms with Crippen LogP contribution in [0.1, 0.15) is 31.1 Å². The summed E-state index contributed by atoms with van der Waals surface area (Å²) in [6.45, 7) is -1.05. The van der Waals surface area contributed by atoms with E-state index in [9.17, 15) is 74.8 Å². The van der Waals surface area contributed by atoms with Crippen LogP contribution in [-0.4, -0.2) is 95.3 Å². The quantitative estimate of drug-likeness (QED) is 0.0379. The van der Waals surface area contributed by atoms with Gasteiger partial charge in [-0.2, -0.15) is 21.9 Å². The van der Waals surface area contributed by atoms with E-state index in [0.29, 0.717) is 6.07 Å². The molecule has 0 amide bonds. The zero-order valence-corrected chi connectivity index (χ0v) is 33.0. The number of hydrogen-bond acceptors (Lipinski definition) is 19. The van der Waals surface area contributed by atoms with Gasteiger partial charge < -0.3 is 30.6 Å². The fraction of sp³-hybridized carbons (Fsp3) is 0.0571. The lowest BCUT2D eigenvalue weighted by atomic mass is 9.99. The molecule has 5 aromatic carbocycles. The molecule has 0 saturated heterocycles. The van der Waals surface area contributed by atoms with Gasteiger partial charge >= 0.3 is 28.3 Å². The molecule has 0 aromatic heterocycles. The van der Waals surface area contributed by atoms with Crippen molar-refractivity contribution in [2.45, 2.75) is 9.79 Å². The van der Waals surface area contributed by atoms with Crippen molar-refractivity contribution in [3.63, 3.8) is 0 Å². The molecule has 5 rings (SSSR count). The number of rotatable bonds is 16. The number of carboxylic acid groups (broad SMARTS) is 3. The Bertz CT molecular complexity index is 3100. The second kappa shape index (κ2) is 18.0. The second-order valence-corrected chi connectivity index (χ2v) is 16.7. The molecule has 0 aliphatic heterocycles. The summed E-state index contributed by atoms with van der Waals surface area (Å²) in [6.07, 6.45) is 0. The van der Waals surface area contributed by atoms with Gasteiger partial charge in [0.05, 0.1) is 34.1 Å². The number of sulfone groups is 1. The Balaban J connectivity index is 1.43. The summed E-state index contributed by atoms with van der Waals surface area (Å²) in [4.78, 5) is 33.9. The lowest BCUT2D eigenvalue weighted by Gasteiger charge is -2.09. The van der Waals surface area contributed by atoms with Crippen molar-refractivity contribution < 1.29 is 83.6 Å². The van der Waals surface area contributed by atoms with Crippen LogP contribution in [0.2, 0.25) is 0 Å². The molecule has 0 unspecified atom stereocenters. The minimum Gasteiger partial charge on any atom is -0.507 e. The fourth-order valence-electron chi connectivity index (χ4n) is 5.11. The van der Waals surface area contributed by atoms with Crippen LogP contribution < -0.4 is 0 Å². The SMILES string of the molecule is O=C(O)c1cc(N=Nc2ccc(-c3ccc(N=Nc4ccc(O)c(N=Nc5ccc(S(=O)(=O)CCOS(=O)(=O)O)cc5S(=O)(=O)O)c4O)c(C(=O)O)c3)cc2C(=O)O)ccc1O. The summed E-state index contributed by atoms with van der Waals surface area (Å²) in [5.74, 6) is -7.65. The average molecular weight is 915 g/mol. The molecule has 0 radical (unpaired) electrons. The topological polar surface area (TPSA) is 399 Å². The number of carboxylic acids is 3. The Hall–Kier alpha value is -7.56. The second-order valence-electron chi connectivity index (χ2n) is 12.2. The van der Waals surface area contributed by atoms with Crippen LogP contribution in [0, 0.1) is 0 Å². The third-order valence-electron chi connectivity index (χ3n) is 8.06. The number of carbonyl (C=O) groups is 3. The maximum atomic E-state index is 12.6. The molecule has 24 nitrogen and oxygen atoms in total. The number of azo groups is 3. The van der Waals surface area contributed by atoms with E-state index in [2.05, 4.69) is 34.9 Å². The van der Waals surface area contributed by atoms with Gasteiger partial charge in [-0.3, -0.25) is 9.11 Å². The number of aromatic carboxylic acids is 3. The van der Waals surface area contributed by atoms with E-state index in [-0.39, 0.29) is 33.8 Å². The van der Waals surface area contributed by atoms with Crippen molar-refractivity contribution in [1.29, 1.82) is 0 Å². The number of benzene rings is 5. The van der Waals surface area contributed by atoms with E-state index in [0.717, 1.165) is 42.5 Å². The predicted molar refractivity (Wildman–Crippen MR) is 209 cm³/mol. The Kier molecular flexibility index (Phi) is 13.2. The van der Waals surface area contributed by atoms with Gasteiger partial charge in [-0.15, -0.1) is 25.6 Å². The molecule has 0 aliphatic rings. The zero-order valence-electron chi connectivity index (χ0n) is 30.6. The minimum atomic E-state index is -5.24.